The van der Waals surface area contributed by atoms with Crippen molar-refractivity contribution in [2.75, 3.05) is 12.4 Å². The monoisotopic (exact) mass is 339 g/mol. The summed E-state index contributed by atoms with van der Waals surface area (Å²) in [6.07, 6.45) is 2.00. The average molecular weight is 341 g/mol. The Bertz CT molecular complexity index is 587. The molecule has 0 saturated heterocycles. The largest absolute Gasteiger partial charge is 0.373 e. The normalized spacial score (nSPS) is 10.5. The Kier molecular flexibility index (Phi) is 4.77. The van der Waals surface area contributed by atoms with Gasteiger partial charge in [0.2, 0.25) is 0 Å². The molecule has 0 unspecified atom stereocenters. The lowest BCUT2D eigenvalue weighted by molar-refractivity contribution is 0.876. The highest BCUT2D eigenvalue weighted by atomic mass is 79.9. The minimum Gasteiger partial charge on any atom is -0.373 e. The van der Waals surface area contributed by atoms with E-state index in [4.69, 9.17) is 11.6 Å². The number of rotatable bonds is 4. The van der Waals surface area contributed by atoms with Crippen LogP contribution in [0, 0.1) is 0 Å². The highest BCUT2D eigenvalue weighted by Crippen LogP contribution is 2.28. The summed E-state index contributed by atoms with van der Waals surface area (Å²) in [5, 5.41) is 3.73. The third kappa shape index (κ3) is 3.45. The van der Waals surface area contributed by atoms with Gasteiger partial charge in [-0.05, 0) is 40.5 Å². The van der Waals surface area contributed by atoms with Crippen LogP contribution in [0.4, 0.5) is 5.82 Å². The Hall–Kier alpha value is -1.13. The molecular formula is C14H15BrClN3. The maximum Gasteiger partial charge on any atom is 0.161 e. The summed E-state index contributed by atoms with van der Waals surface area (Å²) in [6.45, 7) is 2.14. The third-order valence-electron chi connectivity index (χ3n) is 2.72. The van der Waals surface area contributed by atoms with Crippen LogP contribution >= 0.6 is 27.5 Å². The first-order chi connectivity index (χ1) is 9.13. The fourth-order valence-corrected chi connectivity index (χ4v) is 2.20. The molecule has 1 N–H and O–H groups in total. The number of hydrogen-bond donors (Lipinski definition) is 1. The van der Waals surface area contributed by atoms with Crippen LogP contribution in [0.25, 0.3) is 11.4 Å². The van der Waals surface area contributed by atoms with Crippen LogP contribution in [-0.4, -0.2) is 17.0 Å². The van der Waals surface area contributed by atoms with E-state index in [-0.39, 0.29) is 0 Å². The Labute approximate surface area is 126 Å². The molecule has 0 amide bonds. The van der Waals surface area contributed by atoms with E-state index in [0.29, 0.717) is 10.8 Å². The number of halogens is 2. The minimum atomic E-state index is 0.660. The van der Waals surface area contributed by atoms with E-state index in [0.717, 1.165) is 34.4 Å². The lowest BCUT2D eigenvalue weighted by atomic mass is 10.2. The summed E-state index contributed by atoms with van der Waals surface area (Å²) in [7, 11) is 1.86. The van der Waals surface area contributed by atoms with Gasteiger partial charge in [-0.15, -0.1) is 0 Å². The van der Waals surface area contributed by atoms with Crippen molar-refractivity contribution in [2.45, 2.75) is 19.8 Å². The number of nitrogens with zero attached hydrogens (tertiary/aromatic N) is 2. The second-order valence-corrected chi connectivity index (χ2v) is 5.46. The van der Waals surface area contributed by atoms with Gasteiger partial charge in [0.05, 0.1) is 5.02 Å². The molecule has 0 spiro atoms. The first kappa shape index (κ1) is 14.3. The lowest BCUT2D eigenvalue weighted by Crippen LogP contribution is -2.01. The highest BCUT2D eigenvalue weighted by molar-refractivity contribution is 9.10. The summed E-state index contributed by atoms with van der Waals surface area (Å²) in [5.41, 5.74) is 1.96. The van der Waals surface area contributed by atoms with E-state index in [2.05, 4.69) is 38.1 Å². The van der Waals surface area contributed by atoms with Gasteiger partial charge in [-0.3, -0.25) is 0 Å². The first-order valence-electron chi connectivity index (χ1n) is 6.15. The molecule has 2 rings (SSSR count). The van der Waals surface area contributed by atoms with Crippen LogP contribution < -0.4 is 5.32 Å². The second kappa shape index (κ2) is 6.35. The van der Waals surface area contributed by atoms with Gasteiger partial charge in [-0.25, -0.2) is 9.97 Å². The predicted octanol–water partition coefficient (Wildman–Crippen LogP) is 4.55. The van der Waals surface area contributed by atoms with Crippen LogP contribution in [0.5, 0.6) is 0 Å². The SMILES string of the molecule is CCCc1cc(NC)nc(-c2ccc(Br)c(Cl)c2)n1. The van der Waals surface area contributed by atoms with Crippen LogP contribution in [0.15, 0.2) is 28.7 Å². The van der Waals surface area contributed by atoms with Gasteiger partial charge in [0.25, 0.3) is 0 Å². The molecular weight excluding hydrogens is 326 g/mol. The molecule has 0 bridgehead atoms. The zero-order valence-corrected chi connectivity index (χ0v) is 13.2. The van der Waals surface area contributed by atoms with Crippen LogP contribution in [0.2, 0.25) is 5.02 Å². The standard InChI is InChI=1S/C14H15BrClN3/c1-3-4-10-8-13(17-2)19-14(18-10)9-5-6-11(15)12(16)7-9/h5-8H,3-4H2,1-2H3,(H,17,18,19). The van der Waals surface area contributed by atoms with E-state index in [1.165, 1.54) is 0 Å². The van der Waals surface area contributed by atoms with Crippen LogP contribution in [0.1, 0.15) is 19.0 Å². The Morgan fingerprint density at radius 2 is 2.05 bits per heavy atom. The van der Waals surface area contributed by atoms with Crippen molar-refractivity contribution < 1.29 is 0 Å². The maximum atomic E-state index is 6.12. The van der Waals surface area contributed by atoms with Gasteiger partial charge < -0.3 is 5.32 Å². The summed E-state index contributed by atoms with van der Waals surface area (Å²) in [4.78, 5) is 9.07. The topological polar surface area (TPSA) is 37.8 Å². The number of nitrogens with one attached hydrogen (secondary N) is 1. The molecule has 3 nitrogen and oxygen atoms in total. The number of aromatic nitrogens is 2. The van der Waals surface area contributed by atoms with Crippen molar-refractivity contribution in [3.05, 3.63) is 39.5 Å². The molecule has 0 saturated carbocycles. The van der Waals surface area contributed by atoms with E-state index in [1.54, 1.807) is 0 Å². The molecule has 2 aromatic rings. The van der Waals surface area contributed by atoms with Gasteiger partial charge in [0, 0.05) is 28.8 Å². The smallest absolute Gasteiger partial charge is 0.161 e. The molecule has 0 fully saturated rings. The fourth-order valence-electron chi connectivity index (χ4n) is 1.77. The molecule has 0 aliphatic carbocycles. The van der Waals surface area contributed by atoms with E-state index in [9.17, 15) is 0 Å². The molecule has 19 heavy (non-hydrogen) atoms. The minimum absolute atomic E-state index is 0.660. The van der Waals surface area contributed by atoms with Gasteiger partial charge in [0.1, 0.15) is 5.82 Å². The van der Waals surface area contributed by atoms with E-state index >= 15 is 0 Å². The van der Waals surface area contributed by atoms with Crippen molar-refractivity contribution >= 4 is 33.3 Å². The quantitative estimate of drug-likeness (QED) is 0.887. The predicted molar refractivity (Wildman–Crippen MR) is 83.7 cm³/mol. The molecule has 1 aromatic heterocycles. The molecule has 0 aliphatic heterocycles. The molecule has 1 aromatic carbocycles. The molecule has 0 atom stereocenters. The average Bonchev–Trinajstić information content (AvgIpc) is 2.42. The summed E-state index contributed by atoms with van der Waals surface area (Å²) >= 11 is 9.50. The third-order valence-corrected chi connectivity index (χ3v) is 3.95. The Morgan fingerprint density at radius 1 is 1.26 bits per heavy atom. The highest BCUT2D eigenvalue weighted by Gasteiger charge is 2.08. The second-order valence-electron chi connectivity index (χ2n) is 4.20. The fraction of sp³-hybridized carbons (Fsp3) is 0.286. The Morgan fingerprint density at radius 3 is 2.68 bits per heavy atom. The number of hydrogen-bond acceptors (Lipinski definition) is 3. The van der Waals surface area contributed by atoms with E-state index in [1.807, 2.05) is 31.3 Å². The van der Waals surface area contributed by atoms with Gasteiger partial charge in [0.15, 0.2) is 5.82 Å². The van der Waals surface area contributed by atoms with Crippen LogP contribution in [0.3, 0.4) is 0 Å². The van der Waals surface area contributed by atoms with Crippen molar-refractivity contribution in [2.24, 2.45) is 0 Å². The maximum absolute atomic E-state index is 6.12. The molecule has 0 radical (unpaired) electrons. The molecule has 5 heteroatoms. The van der Waals surface area contributed by atoms with Crippen molar-refractivity contribution in [1.29, 1.82) is 0 Å². The van der Waals surface area contributed by atoms with Crippen LogP contribution in [-0.2, 0) is 6.42 Å². The number of benzene rings is 1. The van der Waals surface area contributed by atoms with Gasteiger partial charge in [-0.1, -0.05) is 24.9 Å². The lowest BCUT2D eigenvalue weighted by Gasteiger charge is -2.08. The number of anilines is 1. The molecule has 100 valence electrons. The van der Waals surface area contributed by atoms with Gasteiger partial charge in [-0.2, -0.15) is 0 Å². The summed E-state index contributed by atoms with van der Waals surface area (Å²) in [5.74, 6) is 1.53. The molecule has 1 heterocycles. The van der Waals surface area contributed by atoms with Crippen molar-refractivity contribution in [3.8, 4) is 11.4 Å². The van der Waals surface area contributed by atoms with E-state index < -0.39 is 0 Å². The zero-order valence-electron chi connectivity index (χ0n) is 10.9. The number of aryl methyl sites for hydroxylation is 1. The van der Waals surface area contributed by atoms with Crippen molar-refractivity contribution in [1.82, 2.24) is 9.97 Å². The Balaban J connectivity index is 2.47. The van der Waals surface area contributed by atoms with Gasteiger partial charge >= 0.3 is 0 Å². The molecule has 0 aliphatic rings. The van der Waals surface area contributed by atoms with Crippen molar-refractivity contribution in [3.63, 3.8) is 0 Å². The summed E-state index contributed by atoms with van der Waals surface area (Å²) in [6, 6.07) is 7.72. The zero-order chi connectivity index (χ0) is 13.8. The summed E-state index contributed by atoms with van der Waals surface area (Å²) < 4.78 is 0.872. The first-order valence-corrected chi connectivity index (χ1v) is 7.32.